The monoisotopic (exact) mass is 245 g/mol. The molecule has 0 aliphatic rings. The van der Waals surface area contributed by atoms with E-state index in [1.54, 1.807) is 6.33 Å². The van der Waals surface area contributed by atoms with Gasteiger partial charge in [-0.1, -0.05) is 30.3 Å². The fourth-order valence-electron chi connectivity index (χ4n) is 1.90. The Balaban J connectivity index is 1.88. The minimum absolute atomic E-state index is 0.0716. The van der Waals surface area contributed by atoms with Gasteiger partial charge < -0.3 is 15.0 Å². The summed E-state index contributed by atoms with van der Waals surface area (Å²) in [6.07, 6.45) is 4.45. The van der Waals surface area contributed by atoms with Crippen molar-refractivity contribution in [3.05, 3.63) is 54.1 Å². The summed E-state index contributed by atoms with van der Waals surface area (Å²) in [4.78, 5) is 4.07. The molecule has 0 spiro atoms. The summed E-state index contributed by atoms with van der Waals surface area (Å²) in [5.41, 5.74) is 2.34. The molecule has 0 unspecified atom stereocenters. The highest BCUT2D eigenvalue weighted by atomic mass is 16.3. The maximum atomic E-state index is 9.40. The first-order valence-electron chi connectivity index (χ1n) is 6.13. The second kappa shape index (κ2) is 6.33. The zero-order valence-corrected chi connectivity index (χ0v) is 10.6. The first kappa shape index (κ1) is 12.8. The van der Waals surface area contributed by atoms with Crippen molar-refractivity contribution in [3.63, 3.8) is 0 Å². The van der Waals surface area contributed by atoms with E-state index in [2.05, 4.69) is 22.4 Å². The Morgan fingerprint density at radius 2 is 2.11 bits per heavy atom. The minimum Gasteiger partial charge on any atom is -0.395 e. The minimum atomic E-state index is 0.0716. The summed E-state index contributed by atoms with van der Waals surface area (Å²) in [7, 11) is 1.97. The van der Waals surface area contributed by atoms with Crippen molar-refractivity contribution in [2.45, 2.75) is 19.0 Å². The molecule has 0 bridgehead atoms. The Morgan fingerprint density at radius 1 is 1.33 bits per heavy atom. The van der Waals surface area contributed by atoms with Gasteiger partial charge in [0.25, 0.3) is 0 Å². The molecule has 0 amide bonds. The van der Waals surface area contributed by atoms with Crippen molar-refractivity contribution in [3.8, 4) is 0 Å². The van der Waals surface area contributed by atoms with Gasteiger partial charge in [-0.3, -0.25) is 0 Å². The number of hydrogen-bond acceptors (Lipinski definition) is 3. The molecule has 4 nitrogen and oxygen atoms in total. The van der Waals surface area contributed by atoms with Gasteiger partial charge in [0.2, 0.25) is 0 Å². The predicted octanol–water partition coefficient (Wildman–Crippen LogP) is 1.11. The van der Waals surface area contributed by atoms with Gasteiger partial charge in [-0.2, -0.15) is 0 Å². The van der Waals surface area contributed by atoms with Crippen LogP contribution in [0.2, 0.25) is 0 Å². The Kier molecular flexibility index (Phi) is 4.50. The largest absolute Gasteiger partial charge is 0.395 e. The van der Waals surface area contributed by atoms with E-state index < -0.39 is 0 Å². The normalized spacial score (nSPS) is 12.6. The molecule has 1 aromatic heterocycles. The fraction of sp³-hybridized carbons (Fsp3) is 0.357. The Morgan fingerprint density at radius 3 is 2.72 bits per heavy atom. The van der Waals surface area contributed by atoms with Crippen LogP contribution in [0.5, 0.6) is 0 Å². The Hall–Kier alpha value is -1.65. The Labute approximate surface area is 107 Å². The zero-order chi connectivity index (χ0) is 12.8. The van der Waals surface area contributed by atoms with E-state index in [9.17, 15) is 5.11 Å². The van der Waals surface area contributed by atoms with Crippen molar-refractivity contribution >= 4 is 0 Å². The van der Waals surface area contributed by atoms with Crippen LogP contribution in [0.15, 0.2) is 42.9 Å². The molecule has 0 aliphatic carbocycles. The van der Waals surface area contributed by atoms with Crippen LogP contribution in [0.25, 0.3) is 0 Å². The molecule has 18 heavy (non-hydrogen) atoms. The molecule has 2 N–H and O–H groups in total. The maximum absolute atomic E-state index is 9.40. The first-order chi connectivity index (χ1) is 8.79. The number of rotatable bonds is 6. The van der Waals surface area contributed by atoms with Gasteiger partial charge in [-0.15, -0.1) is 0 Å². The van der Waals surface area contributed by atoms with Crippen LogP contribution < -0.4 is 5.32 Å². The zero-order valence-electron chi connectivity index (χ0n) is 10.6. The number of benzene rings is 1. The van der Waals surface area contributed by atoms with Crippen LogP contribution in [0.1, 0.15) is 11.3 Å². The molecule has 0 radical (unpaired) electrons. The van der Waals surface area contributed by atoms with Crippen LogP contribution >= 0.6 is 0 Å². The lowest BCUT2D eigenvalue weighted by Crippen LogP contribution is -2.34. The topological polar surface area (TPSA) is 50.1 Å². The number of aliphatic hydroxyl groups is 1. The molecule has 0 aliphatic heterocycles. The van der Waals surface area contributed by atoms with E-state index in [4.69, 9.17) is 0 Å². The van der Waals surface area contributed by atoms with Crippen LogP contribution in [-0.4, -0.2) is 27.3 Å². The smallest absolute Gasteiger partial charge is 0.0945 e. The van der Waals surface area contributed by atoms with Gasteiger partial charge in [-0.25, -0.2) is 4.98 Å². The average molecular weight is 245 g/mol. The molecule has 1 heterocycles. The van der Waals surface area contributed by atoms with E-state index in [1.165, 1.54) is 5.56 Å². The third kappa shape index (κ3) is 3.42. The SMILES string of the molecule is Cn1cncc1CN[C@@H](CO)Cc1ccccc1. The number of aromatic nitrogens is 2. The van der Waals surface area contributed by atoms with E-state index in [0.29, 0.717) is 6.54 Å². The van der Waals surface area contributed by atoms with Gasteiger partial charge in [0.1, 0.15) is 0 Å². The quantitative estimate of drug-likeness (QED) is 0.801. The number of nitrogens with one attached hydrogen (secondary N) is 1. The highest BCUT2D eigenvalue weighted by Gasteiger charge is 2.08. The van der Waals surface area contributed by atoms with Gasteiger partial charge in [-0.05, 0) is 12.0 Å². The lowest BCUT2D eigenvalue weighted by atomic mass is 10.1. The van der Waals surface area contributed by atoms with E-state index >= 15 is 0 Å². The molecule has 96 valence electrons. The van der Waals surface area contributed by atoms with Crippen molar-refractivity contribution < 1.29 is 5.11 Å². The Bertz CT molecular complexity index is 467. The van der Waals surface area contributed by atoms with Crippen molar-refractivity contribution in [1.82, 2.24) is 14.9 Å². The highest BCUT2D eigenvalue weighted by molar-refractivity contribution is 5.16. The molecule has 0 saturated heterocycles. The third-order valence-electron chi connectivity index (χ3n) is 3.03. The van der Waals surface area contributed by atoms with E-state index in [-0.39, 0.29) is 12.6 Å². The summed E-state index contributed by atoms with van der Waals surface area (Å²) in [6, 6.07) is 10.3. The van der Waals surface area contributed by atoms with Gasteiger partial charge >= 0.3 is 0 Å². The van der Waals surface area contributed by atoms with Gasteiger partial charge in [0.05, 0.1) is 18.6 Å². The van der Waals surface area contributed by atoms with E-state index in [0.717, 1.165) is 12.1 Å². The first-order valence-corrected chi connectivity index (χ1v) is 6.13. The lowest BCUT2D eigenvalue weighted by Gasteiger charge is -2.16. The lowest BCUT2D eigenvalue weighted by molar-refractivity contribution is 0.240. The predicted molar refractivity (Wildman–Crippen MR) is 71.1 cm³/mol. The molecule has 2 aromatic rings. The second-order valence-electron chi connectivity index (χ2n) is 4.45. The molecule has 4 heteroatoms. The summed E-state index contributed by atoms with van der Waals surface area (Å²) in [5.74, 6) is 0. The van der Waals surface area contributed by atoms with Gasteiger partial charge in [0.15, 0.2) is 0 Å². The number of nitrogens with zero attached hydrogens (tertiary/aromatic N) is 2. The van der Waals surface area contributed by atoms with Crippen LogP contribution in [0, 0.1) is 0 Å². The number of imidazole rings is 1. The summed E-state index contributed by atoms with van der Waals surface area (Å²) in [5, 5.41) is 12.8. The number of aliphatic hydroxyl groups excluding tert-OH is 1. The third-order valence-corrected chi connectivity index (χ3v) is 3.03. The summed E-state index contributed by atoms with van der Waals surface area (Å²) in [6.45, 7) is 0.849. The molecular weight excluding hydrogens is 226 g/mol. The average Bonchev–Trinajstić information content (AvgIpc) is 2.81. The van der Waals surface area contributed by atoms with Crippen LogP contribution in [0.4, 0.5) is 0 Å². The fourth-order valence-corrected chi connectivity index (χ4v) is 1.90. The number of hydrogen-bond donors (Lipinski definition) is 2. The van der Waals surface area contributed by atoms with Gasteiger partial charge in [0, 0.05) is 25.8 Å². The molecule has 0 fully saturated rings. The molecule has 1 aromatic carbocycles. The van der Waals surface area contributed by atoms with Crippen LogP contribution in [-0.2, 0) is 20.0 Å². The number of aryl methyl sites for hydroxylation is 1. The highest BCUT2D eigenvalue weighted by Crippen LogP contribution is 2.04. The van der Waals surface area contributed by atoms with Crippen molar-refractivity contribution in [2.75, 3.05) is 6.61 Å². The summed E-state index contributed by atoms with van der Waals surface area (Å²) >= 11 is 0. The standard InChI is InChI=1S/C14H19N3O/c1-17-11-15-8-14(17)9-16-13(10-18)7-12-5-3-2-4-6-12/h2-6,8,11,13,16,18H,7,9-10H2,1H3/t13-/m1/s1. The van der Waals surface area contributed by atoms with Crippen molar-refractivity contribution in [1.29, 1.82) is 0 Å². The van der Waals surface area contributed by atoms with Crippen molar-refractivity contribution in [2.24, 2.45) is 7.05 Å². The summed E-state index contributed by atoms with van der Waals surface area (Å²) < 4.78 is 1.98. The molecule has 0 saturated carbocycles. The molecular formula is C14H19N3O. The molecule has 1 atom stereocenters. The van der Waals surface area contributed by atoms with E-state index in [1.807, 2.05) is 36.0 Å². The molecule has 2 rings (SSSR count). The maximum Gasteiger partial charge on any atom is 0.0945 e. The van der Waals surface area contributed by atoms with Crippen LogP contribution in [0.3, 0.4) is 0 Å². The second-order valence-corrected chi connectivity index (χ2v) is 4.45.